The Balaban J connectivity index is 1.51. The van der Waals surface area contributed by atoms with Crippen molar-refractivity contribution in [2.24, 2.45) is 0 Å². The molecule has 35 heavy (non-hydrogen) atoms. The maximum Gasteiger partial charge on any atom is 0.267 e. The van der Waals surface area contributed by atoms with Crippen LogP contribution < -0.4 is 5.56 Å². The van der Waals surface area contributed by atoms with Crippen molar-refractivity contribution >= 4 is 34.2 Å². The van der Waals surface area contributed by atoms with Gasteiger partial charge in [-0.05, 0) is 63.1 Å². The van der Waals surface area contributed by atoms with Gasteiger partial charge in [0.15, 0.2) is 5.16 Å². The summed E-state index contributed by atoms with van der Waals surface area (Å²) in [6, 6.07) is 15.7. The van der Waals surface area contributed by atoms with Gasteiger partial charge in [-0.1, -0.05) is 36.0 Å². The number of nitrogens with zero attached hydrogens (tertiary/aromatic N) is 7. The van der Waals surface area contributed by atoms with Crippen LogP contribution in [-0.4, -0.2) is 33.5 Å². The van der Waals surface area contributed by atoms with Crippen molar-refractivity contribution in [2.45, 2.75) is 38.6 Å². The minimum absolute atomic E-state index is 0.108. The van der Waals surface area contributed by atoms with Gasteiger partial charge in [0, 0.05) is 23.3 Å². The maximum absolute atomic E-state index is 13.6. The van der Waals surface area contributed by atoms with E-state index < -0.39 is 0 Å². The number of rotatable bonds is 4. The summed E-state index contributed by atoms with van der Waals surface area (Å²) in [5, 5.41) is 10.3. The predicted octanol–water partition coefficient (Wildman–Crippen LogP) is 4.60. The van der Waals surface area contributed by atoms with Crippen molar-refractivity contribution in [1.82, 2.24) is 33.5 Å². The lowest BCUT2D eigenvalue weighted by Crippen LogP contribution is -2.22. The zero-order chi connectivity index (χ0) is 24.3. The highest BCUT2D eigenvalue weighted by molar-refractivity contribution is 7.98. The van der Waals surface area contributed by atoms with Crippen LogP contribution in [0.1, 0.15) is 28.2 Å². The van der Waals surface area contributed by atoms with Crippen LogP contribution in [0.15, 0.2) is 64.7 Å². The van der Waals surface area contributed by atoms with E-state index in [0.717, 1.165) is 39.4 Å². The topological polar surface area (TPSA) is 82.4 Å². The van der Waals surface area contributed by atoms with Crippen LogP contribution in [0, 0.1) is 27.7 Å². The molecule has 0 aliphatic rings. The Kier molecular flexibility index (Phi) is 4.96. The highest BCUT2D eigenvalue weighted by Crippen LogP contribution is 2.26. The number of aryl methyl sites for hydroxylation is 4. The summed E-state index contributed by atoms with van der Waals surface area (Å²) < 4.78 is 5.63. The van der Waals surface area contributed by atoms with Gasteiger partial charge >= 0.3 is 0 Å². The van der Waals surface area contributed by atoms with Crippen LogP contribution in [0.5, 0.6) is 0 Å². The Hall–Kier alpha value is -3.98. The maximum atomic E-state index is 13.6. The van der Waals surface area contributed by atoms with Gasteiger partial charge in [-0.2, -0.15) is 0 Å². The molecule has 4 aromatic heterocycles. The lowest BCUT2D eigenvalue weighted by atomic mass is 10.1. The normalized spacial score (nSPS) is 11.8. The van der Waals surface area contributed by atoms with E-state index in [9.17, 15) is 4.79 Å². The Labute approximate surface area is 205 Å². The van der Waals surface area contributed by atoms with E-state index in [2.05, 4.69) is 15.2 Å². The van der Waals surface area contributed by atoms with Crippen LogP contribution >= 0.6 is 11.8 Å². The molecule has 0 N–H and O–H groups in total. The molecule has 9 heteroatoms. The van der Waals surface area contributed by atoms with Crippen molar-refractivity contribution in [3.63, 3.8) is 0 Å². The summed E-state index contributed by atoms with van der Waals surface area (Å²) in [6.07, 6.45) is 2.01. The lowest BCUT2D eigenvalue weighted by Gasteiger charge is -2.13. The van der Waals surface area contributed by atoms with Crippen molar-refractivity contribution in [3.05, 3.63) is 93.3 Å². The molecule has 0 aliphatic heterocycles. The molecule has 8 nitrogen and oxygen atoms in total. The Morgan fingerprint density at radius 2 is 1.77 bits per heavy atom. The lowest BCUT2D eigenvalue weighted by molar-refractivity contribution is 0.927. The first-order valence-corrected chi connectivity index (χ1v) is 12.3. The fourth-order valence-electron chi connectivity index (χ4n) is 4.48. The van der Waals surface area contributed by atoms with Gasteiger partial charge in [0.2, 0.25) is 11.6 Å². The van der Waals surface area contributed by atoms with Crippen LogP contribution in [0.3, 0.4) is 0 Å². The number of hydrogen-bond acceptors (Lipinski definition) is 6. The molecule has 0 radical (unpaired) electrons. The smallest absolute Gasteiger partial charge is 0.267 e. The Morgan fingerprint density at radius 1 is 0.943 bits per heavy atom. The van der Waals surface area contributed by atoms with Gasteiger partial charge in [-0.3, -0.25) is 13.6 Å². The third-order valence-corrected chi connectivity index (χ3v) is 7.12. The minimum atomic E-state index is -0.108. The molecule has 2 aromatic carbocycles. The van der Waals surface area contributed by atoms with Gasteiger partial charge in [-0.15, -0.1) is 10.2 Å². The summed E-state index contributed by atoms with van der Waals surface area (Å²) in [5.74, 6) is 1.78. The molecule has 0 unspecified atom stereocenters. The molecule has 174 valence electrons. The van der Waals surface area contributed by atoms with E-state index in [1.807, 2.05) is 91.2 Å². The number of hydrogen-bond donors (Lipinski definition) is 0. The van der Waals surface area contributed by atoms with Gasteiger partial charge in [-0.25, -0.2) is 14.5 Å². The molecule has 6 aromatic rings. The van der Waals surface area contributed by atoms with Crippen LogP contribution in [-0.2, 0) is 5.75 Å². The number of para-hydroxylation sites is 1. The molecule has 0 fully saturated rings. The SMILES string of the molecule is Cc1ccc(C)c(-n2c(=O)c3ccccc3n3c(SCc4cn5c(C)cc(C)nc5n4)nnc23)c1. The first-order valence-electron chi connectivity index (χ1n) is 11.3. The molecule has 0 atom stereocenters. The van der Waals surface area contributed by atoms with E-state index in [-0.39, 0.29) is 5.56 Å². The molecule has 0 amide bonds. The molecule has 0 spiro atoms. The van der Waals surface area contributed by atoms with Crippen LogP contribution in [0.25, 0.3) is 28.1 Å². The highest BCUT2D eigenvalue weighted by atomic mass is 32.2. The molecule has 0 aliphatic carbocycles. The van der Waals surface area contributed by atoms with Gasteiger partial charge < -0.3 is 0 Å². The fourth-order valence-corrected chi connectivity index (χ4v) is 5.30. The second kappa shape index (κ2) is 8.06. The van der Waals surface area contributed by atoms with Gasteiger partial charge in [0.1, 0.15) is 0 Å². The van der Waals surface area contributed by atoms with Crippen molar-refractivity contribution < 1.29 is 0 Å². The molecule has 0 saturated carbocycles. The van der Waals surface area contributed by atoms with E-state index in [1.165, 1.54) is 11.8 Å². The second-order valence-corrected chi connectivity index (χ2v) is 9.74. The minimum Gasteiger partial charge on any atom is -0.288 e. The molecular weight excluding hydrogens is 458 g/mol. The molecular formula is C26H23N7OS. The Bertz CT molecular complexity index is 1830. The standard InChI is InChI=1S/C26H23N7OS/c1-15-9-10-16(2)22(11-15)32-23(34)20-7-5-6-8-21(20)33-25(32)29-30-26(33)35-14-19-13-31-18(4)12-17(3)27-24(31)28-19/h5-13H,14H2,1-4H3. The average Bonchev–Trinajstić information content (AvgIpc) is 3.44. The zero-order valence-corrected chi connectivity index (χ0v) is 20.7. The Morgan fingerprint density at radius 3 is 2.63 bits per heavy atom. The number of benzene rings is 2. The van der Waals surface area contributed by atoms with E-state index >= 15 is 0 Å². The van der Waals surface area contributed by atoms with Crippen LogP contribution in [0.4, 0.5) is 0 Å². The molecule has 0 bridgehead atoms. The molecule has 0 saturated heterocycles. The third kappa shape index (κ3) is 3.50. The summed E-state index contributed by atoms with van der Waals surface area (Å²) in [7, 11) is 0. The number of imidazole rings is 1. The van der Waals surface area contributed by atoms with Crippen molar-refractivity contribution in [2.75, 3.05) is 0 Å². The van der Waals surface area contributed by atoms with Crippen LogP contribution in [0.2, 0.25) is 0 Å². The summed E-state index contributed by atoms with van der Waals surface area (Å²) >= 11 is 1.54. The number of thioether (sulfide) groups is 1. The van der Waals surface area contributed by atoms with E-state index in [4.69, 9.17) is 4.98 Å². The largest absolute Gasteiger partial charge is 0.288 e. The van der Waals surface area contributed by atoms with Gasteiger partial charge in [0.25, 0.3) is 5.56 Å². The quantitative estimate of drug-likeness (QED) is 0.342. The third-order valence-electron chi connectivity index (χ3n) is 6.16. The van der Waals surface area contributed by atoms with E-state index in [1.54, 1.807) is 4.57 Å². The zero-order valence-electron chi connectivity index (χ0n) is 19.9. The summed E-state index contributed by atoms with van der Waals surface area (Å²) in [4.78, 5) is 22.8. The monoisotopic (exact) mass is 481 g/mol. The highest BCUT2D eigenvalue weighted by Gasteiger charge is 2.19. The molecule has 6 rings (SSSR count). The number of fused-ring (bicyclic) bond motifs is 4. The predicted molar refractivity (Wildman–Crippen MR) is 138 cm³/mol. The first kappa shape index (κ1) is 21.5. The van der Waals surface area contributed by atoms with Crippen molar-refractivity contribution in [3.8, 4) is 5.69 Å². The fraction of sp³-hybridized carbons (Fsp3) is 0.192. The average molecular weight is 482 g/mol. The van der Waals surface area contributed by atoms with Crippen molar-refractivity contribution in [1.29, 1.82) is 0 Å². The molecule has 4 heterocycles. The second-order valence-electron chi connectivity index (χ2n) is 8.80. The number of aromatic nitrogens is 7. The summed E-state index contributed by atoms with van der Waals surface area (Å²) in [6.45, 7) is 8.04. The van der Waals surface area contributed by atoms with Gasteiger partial charge in [0.05, 0.1) is 22.3 Å². The van der Waals surface area contributed by atoms with E-state index in [0.29, 0.717) is 27.9 Å². The summed E-state index contributed by atoms with van der Waals surface area (Å²) in [5.41, 5.74) is 6.49. The first-order chi connectivity index (χ1) is 16.9.